The summed E-state index contributed by atoms with van der Waals surface area (Å²) >= 11 is 0. The van der Waals surface area contributed by atoms with Crippen LogP contribution in [0.1, 0.15) is 27.2 Å². The van der Waals surface area contributed by atoms with E-state index in [1.165, 1.54) is 11.8 Å². The molecule has 0 unspecified atom stereocenters. The lowest BCUT2D eigenvalue weighted by atomic mass is 10.1. The zero-order chi connectivity index (χ0) is 13.7. The van der Waals surface area contributed by atoms with E-state index in [1.54, 1.807) is 0 Å². The highest BCUT2D eigenvalue weighted by atomic mass is 16.5. The van der Waals surface area contributed by atoms with E-state index in [0.29, 0.717) is 19.7 Å². The van der Waals surface area contributed by atoms with Crippen LogP contribution in [0.4, 0.5) is 0 Å². The molecule has 6 heteroatoms. The number of ether oxygens (including phenoxy) is 1. The van der Waals surface area contributed by atoms with Crippen molar-refractivity contribution in [3.63, 3.8) is 0 Å². The Hall–Kier alpha value is -1.59. The molecule has 1 aliphatic rings. The van der Waals surface area contributed by atoms with Gasteiger partial charge < -0.3 is 15.0 Å². The van der Waals surface area contributed by atoms with Gasteiger partial charge in [-0.3, -0.25) is 14.4 Å². The number of hydrogen-bond acceptors (Lipinski definition) is 4. The molecule has 0 saturated carbocycles. The maximum atomic E-state index is 11.7. The summed E-state index contributed by atoms with van der Waals surface area (Å²) in [6.45, 7) is 6.45. The number of nitrogens with zero attached hydrogens (tertiary/aromatic N) is 1. The molecule has 1 heterocycles. The topological polar surface area (TPSA) is 75.7 Å². The minimum Gasteiger partial charge on any atom is -0.465 e. The zero-order valence-corrected chi connectivity index (χ0v) is 11.1. The van der Waals surface area contributed by atoms with E-state index in [0.717, 1.165) is 0 Å². The Morgan fingerprint density at radius 1 is 1.50 bits per heavy atom. The molecule has 0 bridgehead atoms. The van der Waals surface area contributed by atoms with E-state index in [1.807, 2.05) is 13.8 Å². The number of nitrogens with one attached hydrogen (secondary N) is 1. The van der Waals surface area contributed by atoms with Crippen molar-refractivity contribution < 1.29 is 19.1 Å². The Kier molecular flexibility index (Phi) is 5.12. The summed E-state index contributed by atoms with van der Waals surface area (Å²) < 4.78 is 5.03. The molecule has 1 rings (SSSR count). The molecule has 1 saturated heterocycles. The second kappa shape index (κ2) is 6.37. The summed E-state index contributed by atoms with van der Waals surface area (Å²) in [5.74, 6) is -0.695. The average molecular weight is 256 g/mol. The Morgan fingerprint density at radius 2 is 2.17 bits per heavy atom. The first-order valence-corrected chi connectivity index (χ1v) is 6.12. The predicted molar refractivity (Wildman–Crippen MR) is 64.6 cm³/mol. The van der Waals surface area contributed by atoms with Gasteiger partial charge in [0.25, 0.3) is 0 Å². The van der Waals surface area contributed by atoms with E-state index in [-0.39, 0.29) is 24.2 Å². The van der Waals surface area contributed by atoms with Crippen LogP contribution >= 0.6 is 0 Å². The second-order valence-electron chi connectivity index (χ2n) is 4.80. The van der Waals surface area contributed by atoms with Gasteiger partial charge in [0.05, 0.1) is 13.0 Å². The van der Waals surface area contributed by atoms with Crippen LogP contribution in [0.25, 0.3) is 0 Å². The fourth-order valence-corrected chi connectivity index (χ4v) is 1.77. The minimum atomic E-state index is -0.740. The highest BCUT2D eigenvalue weighted by Gasteiger charge is 2.33. The van der Waals surface area contributed by atoms with Gasteiger partial charge in [0.2, 0.25) is 11.8 Å². The lowest BCUT2D eigenvalue weighted by Gasteiger charge is -2.33. The summed E-state index contributed by atoms with van der Waals surface area (Å²) in [7, 11) is 0. The van der Waals surface area contributed by atoms with Gasteiger partial charge in [-0.05, 0) is 5.92 Å². The van der Waals surface area contributed by atoms with E-state index >= 15 is 0 Å². The minimum absolute atomic E-state index is 0.0852. The first-order valence-electron chi connectivity index (χ1n) is 6.12. The molecule has 1 atom stereocenters. The number of carbonyl (C=O) groups is 3. The third-order valence-electron chi connectivity index (χ3n) is 2.67. The number of rotatable bonds is 4. The lowest BCUT2D eigenvalue weighted by molar-refractivity contribution is -0.152. The molecule has 0 spiro atoms. The van der Waals surface area contributed by atoms with Crippen LogP contribution in [-0.2, 0) is 19.1 Å². The van der Waals surface area contributed by atoms with E-state index < -0.39 is 12.0 Å². The highest BCUT2D eigenvalue weighted by molar-refractivity contribution is 5.91. The molecule has 2 amide bonds. The molecule has 0 radical (unpaired) electrons. The number of amides is 2. The maximum Gasteiger partial charge on any atom is 0.308 e. The molecule has 0 aromatic heterocycles. The molecular weight excluding hydrogens is 236 g/mol. The number of piperazine rings is 1. The third-order valence-corrected chi connectivity index (χ3v) is 2.67. The van der Waals surface area contributed by atoms with Crippen LogP contribution < -0.4 is 5.32 Å². The van der Waals surface area contributed by atoms with Gasteiger partial charge in [-0.1, -0.05) is 13.8 Å². The van der Waals surface area contributed by atoms with Crippen molar-refractivity contribution in [3.05, 3.63) is 0 Å². The standard InChI is InChI=1S/C12H20N2O4/c1-8(2)7-18-11(16)6-10-12(17)13-4-5-14(10)9(3)15/h8,10H,4-7H2,1-3H3,(H,13,17)/t10-/m1/s1. The van der Waals surface area contributed by atoms with Crippen LogP contribution in [0.2, 0.25) is 0 Å². The lowest BCUT2D eigenvalue weighted by Crippen LogP contribution is -2.57. The molecule has 1 N–H and O–H groups in total. The first-order chi connectivity index (χ1) is 8.41. The Bertz CT molecular complexity index is 341. The summed E-state index contributed by atoms with van der Waals surface area (Å²) in [6, 6.07) is -0.740. The molecule has 0 aromatic carbocycles. The van der Waals surface area contributed by atoms with E-state index in [2.05, 4.69) is 5.32 Å². The molecule has 1 aliphatic heterocycles. The van der Waals surface area contributed by atoms with E-state index in [4.69, 9.17) is 4.74 Å². The van der Waals surface area contributed by atoms with Crippen molar-refractivity contribution in [1.82, 2.24) is 10.2 Å². The largest absolute Gasteiger partial charge is 0.465 e. The maximum absolute atomic E-state index is 11.7. The van der Waals surface area contributed by atoms with Crippen molar-refractivity contribution in [2.24, 2.45) is 5.92 Å². The van der Waals surface area contributed by atoms with E-state index in [9.17, 15) is 14.4 Å². The smallest absolute Gasteiger partial charge is 0.308 e. The number of hydrogen-bond donors (Lipinski definition) is 1. The Labute approximate surface area is 107 Å². The van der Waals surface area contributed by atoms with Crippen LogP contribution in [0.3, 0.4) is 0 Å². The SMILES string of the molecule is CC(=O)N1CCNC(=O)[C@H]1CC(=O)OCC(C)C. The fraction of sp³-hybridized carbons (Fsp3) is 0.750. The van der Waals surface area contributed by atoms with Crippen LogP contribution in [0.5, 0.6) is 0 Å². The normalized spacial score (nSPS) is 19.7. The van der Waals surface area contributed by atoms with Gasteiger partial charge in [0, 0.05) is 20.0 Å². The molecular formula is C12H20N2O4. The predicted octanol–water partition coefficient (Wildman–Crippen LogP) is -0.0774. The summed E-state index contributed by atoms with van der Waals surface area (Å²) in [5.41, 5.74) is 0. The number of esters is 1. The van der Waals surface area contributed by atoms with Crippen molar-refractivity contribution in [2.45, 2.75) is 33.2 Å². The Balaban J connectivity index is 2.57. The molecule has 1 fully saturated rings. The summed E-state index contributed by atoms with van der Waals surface area (Å²) in [5, 5.41) is 2.65. The fourth-order valence-electron chi connectivity index (χ4n) is 1.77. The quantitative estimate of drug-likeness (QED) is 0.714. The van der Waals surface area contributed by atoms with Crippen molar-refractivity contribution in [1.29, 1.82) is 0 Å². The van der Waals surface area contributed by atoms with Crippen LogP contribution in [0, 0.1) is 5.92 Å². The zero-order valence-electron chi connectivity index (χ0n) is 11.1. The van der Waals surface area contributed by atoms with Gasteiger partial charge in [-0.2, -0.15) is 0 Å². The summed E-state index contributed by atoms with van der Waals surface area (Å²) in [4.78, 5) is 36.1. The number of carbonyl (C=O) groups excluding carboxylic acids is 3. The highest BCUT2D eigenvalue weighted by Crippen LogP contribution is 2.10. The van der Waals surface area contributed by atoms with Gasteiger partial charge >= 0.3 is 5.97 Å². The van der Waals surface area contributed by atoms with Crippen LogP contribution in [-0.4, -0.2) is 48.4 Å². The third kappa shape index (κ3) is 4.01. The molecule has 0 aliphatic carbocycles. The monoisotopic (exact) mass is 256 g/mol. The summed E-state index contributed by atoms with van der Waals surface area (Å²) in [6.07, 6.45) is -0.0852. The average Bonchev–Trinajstić information content (AvgIpc) is 2.28. The second-order valence-corrected chi connectivity index (χ2v) is 4.80. The first kappa shape index (κ1) is 14.5. The van der Waals surface area contributed by atoms with Crippen LogP contribution in [0.15, 0.2) is 0 Å². The Morgan fingerprint density at radius 3 is 2.72 bits per heavy atom. The molecule has 18 heavy (non-hydrogen) atoms. The van der Waals surface area contributed by atoms with Crippen molar-refractivity contribution in [2.75, 3.05) is 19.7 Å². The van der Waals surface area contributed by atoms with Gasteiger partial charge in [0.1, 0.15) is 6.04 Å². The van der Waals surface area contributed by atoms with Crippen molar-refractivity contribution in [3.8, 4) is 0 Å². The van der Waals surface area contributed by atoms with Gasteiger partial charge in [-0.25, -0.2) is 0 Å². The van der Waals surface area contributed by atoms with Gasteiger partial charge in [0.15, 0.2) is 0 Å². The molecule has 0 aromatic rings. The van der Waals surface area contributed by atoms with Gasteiger partial charge in [-0.15, -0.1) is 0 Å². The molecule has 102 valence electrons. The van der Waals surface area contributed by atoms with Crippen molar-refractivity contribution >= 4 is 17.8 Å². The molecule has 6 nitrogen and oxygen atoms in total.